The summed E-state index contributed by atoms with van der Waals surface area (Å²) in [7, 11) is 1.72. The Bertz CT molecular complexity index is 1250. The number of hydrogen-bond acceptors (Lipinski definition) is 6. The molecule has 1 amide bonds. The first-order chi connectivity index (χ1) is 14.9. The Morgan fingerprint density at radius 1 is 1.06 bits per heavy atom. The molecule has 31 heavy (non-hydrogen) atoms. The highest BCUT2D eigenvalue weighted by Gasteiger charge is 2.18. The van der Waals surface area contributed by atoms with E-state index in [4.69, 9.17) is 4.74 Å². The van der Waals surface area contributed by atoms with E-state index in [0.717, 1.165) is 0 Å². The number of ether oxygens (including phenoxy) is 1. The molecule has 0 fully saturated rings. The highest BCUT2D eigenvalue weighted by atomic mass is 19.1. The lowest BCUT2D eigenvalue weighted by atomic mass is 10.2. The molecule has 9 nitrogen and oxygen atoms in total. The lowest BCUT2D eigenvalue weighted by molar-refractivity contribution is 0.0721. The number of amides is 1. The third-order valence-corrected chi connectivity index (χ3v) is 4.31. The molecule has 2 aromatic carbocycles. The number of anilines is 1. The van der Waals surface area contributed by atoms with Gasteiger partial charge in [-0.2, -0.15) is 5.10 Å². The quantitative estimate of drug-likeness (QED) is 0.393. The minimum atomic E-state index is -0.740. The molecule has 0 unspecified atom stereocenters. The van der Waals surface area contributed by atoms with E-state index in [1.54, 1.807) is 44.4 Å². The fourth-order valence-corrected chi connectivity index (χ4v) is 2.80. The normalized spacial score (nSPS) is 10.7. The number of hydrogen-bond donors (Lipinski definition) is 1. The van der Waals surface area contributed by atoms with Crippen LogP contribution in [0.2, 0.25) is 0 Å². The van der Waals surface area contributed by atoms with Crippen molar-refractivity contribution in [1.82, 2.24) is 24.5 Å². The van der Waals surface area contributed by atoms with E-state index in [0.29, 0.717) is 22.8 Å². The van der Waals surface area contributed by atoms with Crippen LogP contribution in [0.15, 0.2) is 60.9 Å². The zero-order valence-corrected chi connectivity index (χ0v) is 16.6. The van der Waals surface area contributed by atoms with Crippen LogP contribution in [0.3, 0.4) is 0 Å². The third-order valence-electron chi connectivity index (χ3n) is 4.31. The van der Waals surface area contributed by atoms with E-state index in [1.165, 1.54) is 39.8 Å². The van der Waals surface area contributed by atoms with Gasteiger partial charge in [0.2, 0.25) is 0 Å². The molecule has 156 valence electrons. The fraction of sp³-hybridized carbons (Fsp3) is 0.0952. The molecule has 0 saturated heterocycles. The number of benzene rings is 2. The minimum absolute atomic E-state index is 0.129. The predicted octanol–water partition coefficient (Wildman–Crippen LogP) is 2.92. The summed E-state index contributed by atoms with van der Waals surface area (Å²) < 4.78 is 21.4. The van der Waals surface area contributed by atoms with Crippen molar-refractivity contribution in [2.75, 3.05) is 5.32 Å². The van der Waals surface area contributed by atoms with Crippen LogP contribution in [-0.2, 0) is 7.05 Å². The van der Waals surface area contributed by atoms with Crippen molar-refractivity contribution in [3.05, 3.63) is 84.0 Å². The van der Waals surface area contributed by atoms with Gasteiger partial charge in [0.25, 0.3) is 11.7 Å². The summed E-state index contributed by atoms with van der Waals surface area (Å²) in [4.78, 5) is 28.7. The van der Waals surface area contributed by atoms with E-state index < -0.39 is 5.97 Å². The summed E-state index contributed by atoms with van der Waals surface area (Å²) in [5.74, 6) is -0.829. The van der Waals surface area contributed by atoms with Gasteiger partial charge in [-0.15, -0.1) is 5.10 Å². The molecule has 0 spiro atoms. The maximum Gasteiger partial charge on any atom is 0.383 e. The first kappa shape index (κ1) is 20.0. The molecular formula is C21H17FN6O3. The molecule has 4 aromatic rings. The zero-order valence-electron chi connectivity index (χ0n) is 16.6. The summed E-state index contributed by atoms with van der Waals surface area (Å²) in [6, 6.07) is 11.9. The van der Waals surface area contributed by atoms with Crippen LogP contribution in [0.5, 0.6) is 5.75 Å². The van der Waals surface area contributed by atoms with Crippen LogP contribution < -0.4 is 10.1 Å². The molecule has 4 rings (SSSR count). The highest BCUT2D eigenvalue weighted by molar-refractivity contribution is 6.03. The Balaban J connectivity index is 1.42. The number of aromatic nitrogens is 5. The van der Waals surface area contributed by atoms with E-state index in [-0.39, 0.29) is 23.3 Å². The van der Waals surface area contributed by atoms with E-state index in [1.807, 2.05) is 0 Å². The van der Waals surface area contributed by atoms with Crippen molar-refractivity contribution in [2.24, 2.45) is 7.05 Å². The van der Waals surface area contributed by atoms with Gasteiger partial charge in [-0.1, -0.05) is 0 Å². The summed E-state index contributed by atoms with van der Waals surface area (Å²) >= 11 is 0. The second kappa shape index (κ2) is 8.19. The highest BCUT2D eigenvalue weighted by Crippen LogP contribution is 2.18. The first-order valence-electron chi connectivity index (χ1n) is 9.21. The lowest BCUT2D eigenvalue weighted by Gasteiger charge is -2.05. The van der Waals surface area contributed by atoms with Crippen molar-refractivity contribution >= 4 is 17.6 Å². The minimum Gasteiger partial charge on any atom is -0.421 e. The van der Waals surface area contributed by atoms with Crippen LogP contribution in [0.4, 0.5) is 10.1 Å². The Morgan fingerprint density at radius 3 is 2.42 bits per heavy atom. The van der Waals surface area contributed by atoms with Crippen molar-refractivity contribution < 1.29 is 18.7 Å². The SMILES string of the molecule is Cc1nc(C(=O)Oc2ccc(NC(=O)c3cnn(C)c3)cc2)nn1-c1ccc(F)cc1. The van der Waals surface area contributed by atoms with Gasteiger partial charge in [-0.25, -0.2) is 18.9 Å². The number of nitrogens with zero attached hydrogens (tertiary/aromatic N) is 5. The molecule has 0 radical (unpaired) electrons. The van der Waals surface area contributed by atoms with Crippen molar-refractivity contribution in [3.63, 3.8) is 0 Å². The van der Waals surface area contributed by atoms with Gasteiger partial charge in [0, 0.05) is 18.9 Å². The van der Waals surface area contributed by atoms with Crippen molar-refractivity contribution in [2.45, 2.75) is 6.92 Å². The third kappa shape index (κ3) is 4.47. The number of carbonyl (C=O) groups is 2. The van der Waals surface area contributed by atoms with Gasteiger partial charge < -0.3 is 10.1 Å². The van der Waals surface area contributed by atoms with Crippen LogP contribution in [0.1, 0.15) is 26.8 Å². The Morgan fingerprint density at radius 2 is 1.77 bits per heavy atom. The maximum absolute atomic E-state index is 13.1. The standard InChI is InChI=1S/C21H17FN6O3/c1-13-24-19(26-28(13)17-7-3-15(22)4-8-17)21(30)31-18-9-5-16(6-10-18)25-20(29)14-11-23-27(2)12-14/h3-12H,1-2H3,(H,25,29). The van der Waals surface area contributed by atoms with Gasteiger partial charge in [0.15, 0.2) is 0 Å². The monoisotopic (exact) mass is 420 g/mol. The van der Waals surface area contributed by atoms with E-state index in [2.05, 4.69) is 20.5 Å². The molecule has 10 heteroatoms. The average molecular weight is 420 g/mol. The van der Waals surface area contributed by atoms with Crippen molar-refractivity contribution in [3.8, 4) is 11.4 Å². The molecule has 2 aromatic heterocycles. The Hall–Kier alpha value is -4.34. The van der Waals surface area contributed by atoms with Gasteiger partial charge in [-0.3, -0.25) is 9.48 Å². The van der Waals surface area contributed by atoms with Crippen LogP contribution in [0, 0.1) is 12.7 Å². The topological polar surface area (TPSA) is 104 Å². The number of carbonyl (C=O) groups excluding carboxylic acids is 2. The Kier molecular flexibility index (Phi) is 5.27. The summed E-state index contributed by atoms with van der Waals surface area (Å²) in [6.07, 6.45) is 3.07. The molecule has 0 aliphatic rings. The van der Waals surface area contributed by atoms with E-state index in [9.17, 15) is 14.0 Å². The Labute approximate surface area is 176 Å². The number of aryl methyl sites for hydroxylation is 2. The molecule has 1 N–H and O–H groups in total. The molecule has 0 aliphatic carbocycles. The largest absolute Gasteiger partial charge is 0.421 e. The fourth-order valence-electron chi connectivity index (χ4n) is 2.80. The number of esters is 1. The maximum atomic E-state index is 13.1. The van der Waals surface area contributed by atoms with Gasteiger partial charge >= 0.3 is 5.97 Å². The second-order valence-electron chi connectivity index (χ2n) is 6.64. The summed E-state index contributed by atoms with van der Waals surface area (Å²) in [6.45, 7) is 1.67. The summed E-state index contributed by atoms with van der Waals surface area (Å²) in [5.41, 5.74) is 1.53. The molecular weight excluding hydrogens is 403 g/mol. The molecule has 2 heterocycles. The smallest absolute Gasteiger partial charge is 0.383 e. The molecule has 0 bridgehead atoms. The number of halogens is 1. The zero-order chi connectivity index (χ0) is 22.0. The lowest BCUT2D eigenvalue weighted by Crippen LogP contribution is -2.12. The van der Waals surface area contributed by atoms with E-state index >= 15 is 0 Å². The van der Waals surface area contributed by atoms with Crippen LogP contribution in [0.25, 0.3) is 5.69 Å². The van der Waals surface area contributed by atoms with Crippen LogP contribution in [-0.4, -0.2) is 36.4 Å². The molecule has 0 atom stereocenters. The van der Waals surface area contributed by atoms with Gasteiger partial charge in [0.1, 0.15) is 17.4 Å². The number of rotatable bonds is 5. The molecule has 0 aliphatic heterocycles. The number of nitrogens with one attached hydrogen (secondary N) is 1. The van der Waals surface area contributed by atoms with Crippen LogP contribution >= 0.6 is 0 Å². The van der Waals surface area contributed by atoms with Gasteiger partial charge in [-0.05, 0) is 55.5 Å². The van der Waals surface area contributed by atoms with Crippen molar-refractivity contribution in [1.29, 1.82) is 0 Å². The van der Waals surface area contributed by atoms with Gasteiger partial charge in [0.05, 0.1) is 17.4 Å². The second-order valence-corrected chi connectivity index (χ2v) is 6.64. The predicted molar refractivity (Wildman–Crippen MR) is 109 cm³/mol. The average Bonchev–Trinajstić information content (AvgIpc) is 3.36. The molecule has 0 saturated carbocycles. The summed E-state index contributed by atoms with van der Waals surface area (Å²) in [5, 5.41) is 10.8. The first-order valence-corrected chi connectivity index (χ1v) is 9.21.